The molecule has 0 atom stereocenters. The fourth-order valence-electron chi connectivity index (χ4n) is 1.68. The zero-order chi connectivity index (χ0) is 13.0. The molecule has 0 aliphatic heterocycles. The maximum Gasteiger partial charge on any atom is 0.105 e. The number of anilines is 1. The predicted octanol–water partition coefficient (Wildman–Crippen LogP) is 2.94. The fourth-order valence-corrected chi connectivity index (χ4v) is 2.20. The van der Waals surface area contributed by atoms with E-state index in [4.69, 9.17) is 5.26 Å². The summed E-state index contributed by atoms with van der Waals surface area (Å²) in [6.45, 7) is 3.65. The lowest BCUT2D eigenvalue weighted by Crippen LogP contribution is -2.11. The summed E-state index contributed by atoms with van der Waals surface area (Å²) in [6.07, 6.45) is 3.76. The number of aromatic nitrogens is 2. The van der Waals surface area contributed by atoms with Crippen molar-refractivity contribution in [3.05, 3.63) is 46.5 Å². The van der Waals surface area contributed by atoms with Crippen molar-refractivity contribution in [3.63, 3.8) is 0 Å². The minimum Gasteiger partial charge on any atom is -0.382 e. The Kier molecular flexibility index (Phi) is 4.00. The molecule has 18 heavy (non-hydrogen) atoms. The van der Waals surface area contributed by atoms with E-state index < -0.39 is 0 Å². The van der Waals surface area contributed by atoms with Crippen molar-refractivity contribution >= 4 is 21.6 Å². The van der Waals surface area contributed by atoms with Crippen molar-refractivity contribution in [3.8, 4) is 6.07 Å². The first-order chi connectivity index (χ1) is 8.70. The number of halogens is 1. The van der Waals surface area contributed by atoms with Crippen molar-refractivity contribution in [1.29, 1.82) is 5.26 Å². The Hall–Kier alpha value is -1.80. The Morgan fingerprint density at radius 1 is 1.50 bits per heavy atom. The fraction of sp³-hybridized carbons (Fsp3) is 0.231. The third kappa shape index (κ3) is 2.90. The van der Waals surface area contributed by atoms with E-state index in [0.717, 1.165) is 29.1 Å². The largest absolute Gasteiger partial charge is 0.382 e. The molecule has 0 bridgehead atoms. The van der Waals surface area contributed by atoms with Gasteiger partial charge >= 0.3 is 0 Å². The van der Waals surface area contributed by atoms with E-state index in [2.05, 4.69) is 36.9 Å². The highest BCUT2D eigenvalue weighted by Crippen LogP contribution is 2.23. The summed E-state index contributed by atoms with van der Waals surface area (Å²) in [5, 5.41) is 12.1. The number of hydrogen-bond donors (Lipinski definition) is 1. The molecule has 0 aliphatic rings. The Morgan fingerprint density at radius 2 is 2.33 bits per heavy atom. The lowest BCUT2D eigenvalue weighted by atomic mass is 10.2. The number of benzene rings is 1. The highest BCUT2D eigenvalue weighted by molar-refractivity contribution is 9.10. The summed E-state index contributed by atoms with van der Waals surface area (Å²) in [5.74, 6) is 1.01. The zero-order valence-corrected chi connectivity index (χ0v) is 11.6. The van der Waals surface area contributed by atoms with E-state index in [1.165, 1.54) is 0 Å². The SMILES string of the molecule is Cc1nccn1CCNc1ccc(C#N)cc1Br. The average molecular weight is 305 g/mol. The molecule has 92 valence electrons. The summed E-state index contributed by atoms with van der Waals surface area (Å²) >= 11 is 3.45. The lowest BCUT2D eigenvalue weighted by Gasteiger charge is -2.10. The molecule has 2 aromatic rings. The van der Waals surface area contributed by atoms with E-state index in [0.29, 0.717) is 5.56 Å². The van der Waals surface area contributed by atoms with Crippen LogP contribution in [0.25, 0.3) is 0 Å². The molecule has 0 saturated carbocycles. The molecule has 0 aliphatic carbocycles. The summed E-state index contributed by atoms with van der Waals surface area (Å²) in [4.78, 5) is 4.17. The van der Waals surface area contributed by atoms with Crippen LogP contribution in [0.2, 0.25) is 0 Å². The van der Waals surface area contributed by atoms with Crippen molar-refractivity contribution in [1.82, 2.24) is 9.55 Å². The molecule has 1 N–H and O–H groups in total. The predicted molar refractivity (Wildman–Crippen MR) is 74.3 cm³/mol. The van der Waals surface area contributed by atoms with Gasteiger partial charge in [0, 0.05) is 35.6 Å². The van der Waals surface area contributed by atoms with Gasteiger partial charge < -0.3 is 9.88 Å². The molecule has 0 fully saturated rings. The topological polar surface area (TPSA) is 53.6 Å². The third-order valence-electron chi connectivity index (χ3n) is 2.69. The van der Waals surface area contributed by atoms with E-state index in [-0.39, 0.29) is 0 Å². The number of aryl methyl sites for hydroxylation is 1. The van der Waals surface area contributed by atoms with Crippen LogP contribution < -0.4 is 5.32 Å². The van der Waals surface area contributed by atoms with Gasteiger partial charge in [0.1, 0.15) is 5.82 Å². The molecule has 2 rings (SSSR count). The van der Waals surface area contributed by atoms with Crippen molar-refractivity contribution in [2.24, 2.45) is 0 Å². The van der Waals surface area contributed by atoms with E-state index >= 15 is 0 Å². The van der Waals surface area contributed by atoms with Gasteiger partial charge in [-0.3, -0.25) is 0 Å². The van der Waals surface area contributed by atoms with Gasteiger partial charge in [0.25, 0.3) is 0 Å². The summed E-state index contributed by atoms with van der Waals surface area (Å²) in [5.41, 5.74) is 1.64. The summed E-state index contributed by atoms with van der Waals surface area (Å²) in [6, 6.07) is 7.63. The molecule has 1 heterocycles. The Balaban J connectivity index is 1.95. The van der Waals surface area contributed by atoms with E-state index in [1.54, 1.807) is 12.3 Å². The van der Waals surface area contributed by atoms with Crippen LogP contribution >= 0.6 is 15.9 Å². The molecule has 0 amide bonds. The second-order valence-electron chi connectivity index (χ2n) is 3.90. The smallest absolute Gasteiger partial charge is 0.105 e. The van der Waals surface area contributed by atoms with Gasteiger partial charge in [-0.25, -0.2) is 4.98 Å². The first kappa shape index (κ1) is 12.7. The van der Waals surface area contributed by atoms with Crippen molar-refractivity contribution < 1.29 is 0 Å². The van der Waals surface area contributed by atoms with Gasteiger partial charge in [-0.05, 0) is 41.1 Å². The quantitative estimate of drug-likeness (QED) is 0.945. The lowest BCUT2D eigenvalue weighted by molar-refractivity contribution is 0.701. The minimum atomic E-state index is 0.651. The van der Waals surface area contributed by atoms with Gasteiger partial charge in [0.05, 0.1) is 11.6 Å². The monoisotopic (exact) mass is 304 g/mol. The Labute approximate surface area is 114 Å². The van der Waals surface area contributed by atoms with E-state index in [1.807, 2.05) is 25.3 Å². The summed E-state index contributed by atoms with van der Waals surface area (Å²) in [7, 11) is 0. The zero-order valence-electron chi connectivity index (χ0n) is 10.0. The summed E-state index contributed by atoms with van der Waals surface area (Å²) < 4.78 is 2.99. The number of imidazole rings is 1. The molecule has 4 nitrogen and oxygen atoms in total. The Morgan fingerprint density at radius 3 is 2.94 bits per heavy atom. The van der Waals surface area contributed by atoms with Crippen LogP contribution in [-0.2, 0) is 6.54 Å². The molecule has 5 heteroatoms. The standard InChI is InChI=1S/C13H13BrN4/c1-10-16-4-6-18(10)7-5-17-13-3-2-11(9-15)8-12(13)14/h2-4,6,8,17H,5,7H2,1H3. The highest BCUT2D eigenvalue weighted by Gasteiger charge is 2.01. The number of nitrogens with one attached hydrogen (secondary N) is 1. The van der Waals surface area contributed by atoms with Crippen LogP contribution in [0.5, 0.6) is 0 Å². The normalized spacial score (nSPS) is 10.1. The Bertz CT molecular complexity index is 583. The van der Waals surface area contributed by atoms with Gasteiger partial charge in [0.2, 0.25) is 0 Å². The first-order valence-corrected chi connectivity index (χ1v) is 6.41. The first-order valence-electron chi connectivity index (χ1n) is 5.62. The number of nitrogens with zero attached hydrogens (tertiary/aromatic N) is 3. The molecular weight excluding hydrogens is 292 g/mol. The number of rotatable bonds is 4. The molecule has 0 saturated heterocycles. The van der Waals surface area contributed by atoms with Crippen LogP contribution in [0, 0.1) is 18.3 Å². The average Bonchev–Trinajstić information content (AvgIpc) is 2.77. The molecular formula is C13H13BrN4. The van der Waals surface area contributed by atoms with Gasteiger partial charge in [-0.1, -0.05) is 0 Å². The van der Waals surface area contributed by atoms with Crippen molar-refractivity contribution in [2.45, 2.75) is 13.5 Å². The van der Waals surface area contributed by atoms with Crippen molar-refractivity contribution in [2.75, 3.05) is 11.9 Å². The van der Waals surface area contributed by atoms with Gasteiger partial charge in [0.15, 0.2) is 0 Å². The number of nitriles is 1. The maximum atomic E-state index is 8.78. The van der Waals surface area contributed by atoms with Crippen LogP contribution in [-0.4, -0.2) is 16.1 Å². The van der Waals surface area contributed by atoms with Crippen LogP contribution in [0.15, 0.2) is 35.1 Å². The molecule has 0 unspecified atom stereocenters. The molecule has 0 spiro atoms. The molecule has 1 aromatic carbocycles. The van der Waals surface area contributed by atoms with Gasteiger partial charge in [-0.15, -0.1) is 0 Å². The second-order valence-corrected chi connectivity index (χ2v) is 4.76. The maximum absolute atomic E-state index is 8.78. The van der Waals surface area contributed by atoms with Gasteiger partial charge in [-0.2, -0.15) is 5.26 Å². The second kappa shape index (κ2) is 5.69. The van der Waals surface area contributed by atoms with Crippen LogP contribution in [0.3, 0.4) is 0 Å². The minimum absolute atomic E-state index is 0.651. The van der Waals surface area contributed by atoms with Crippen LogP contribution in [0.1, 0.15) is 11.4 Å². The molecule has 0 radical (unpaired) electrons. The van der Waals surface area contributed by atoms with E-state index in [9.17, 15) is 0 Å². The van der Waals surface area contributed by atoms with Crippen LogP contribution in [0.4, 0.5) is 5.69 Å². The highest BCUT2D eigenvalue weighted by atomic mass is 79.9. The number of hydrogen-bond acceptors (Lipinski definition) is 3. The molecule has 1 aromatic heterocycles. The third-order valence-corrected chi connectivity index (χ3v) is 3.35.